The summed E-state index contributed by atoms with van der Waals surface area (Å²) in [6.45, 7) is 8.99. The third kappa shape index (κ3) is 4.03. The van der Waals surface area contributed by atoms with Gasteiger partial charge in [-0.05, 0) is 85.6 Å². The second-order valence-corrected chi connectivity index (χ2v) is 10.3. The van der Waals surface area contributed by atoms with Crippen LogP contribution in [-0.2, 0) is 0 Å². The molecule has 2 aromatic carbocycles. The van der Waals surface area contributed by atoms with Gasteiger partial charge in [-0.2, -0.15) is 0 Å². The minimum atomic E-state index is -0.0934. The van der Waals surface area contributed by atoms with Crippen molar-refractivity contribution in [2.45, 2.75) is 45.7 Å². The van der Waals surface area contributed by atoms with Crippen molar-refractivity contribution < 1.29 is 9.47 Å². The number of aryl methyl sites for hydroxylation is 1. The molecule has 37 heavy (non-hydrogen) atoms. The topological polar surface area (TPSA) is 51.6 Å². The van der Waals surface area contributed by atoms with Crippen LogP contribution in [0.4, 0.5) is 5.69 Å². The molecule has 2 aliphatic heterocycles. The van der Waals surface area contributed by atoms with Crippen molar-refractivity contribution in [3.63, 3.8) is 0 Å². The molecule has 2 aromatic heterocycles. The molecule has 0 saturated carbocycles. The fraction of sp³-hybridized carbons (Fsp3) is 0.267. The maximum absolute atomic E-state index is 5.94. The zero-order chi connectivity index (χ0) is 25.7. The predicted octanol–water partition coefficient (Wildman–Crippen LogP) is 6.52. The summed E-state index contributed by atoms with van der Waals surface area (Å²) >= 11 is 5.94. The Morgan fingerprint density at radius 2 is 1.70 bits per heavy atom. The van der Waals surface area contributed by atoms with Gasteiger partial charge in [0.05, 0.1) is 17.8 Å². The fourth-order valence-electron chi connectivity index (χ4n) is 5.48. The highest BCUT2D eigenvalue weighted by atomic mass is 32.1. The Bertz CT molecular complexity index is 1460. The molecule has 0 amide bonds. The van der Waals surface area contributed by atoms with Crippen molar-refractivity contribution in [2.75, 3.05) is 11.7 Å². The Morgan fingerprint density at radius 3 is 2.43 bits per heavy atom. The van der Waals surface area contributed by atoms with E-state index in [0.717, 1.165) is 40.0 Å². The van der Waals surface area contributed by atoms with Crippen molar-refractivity contribution in [1.29, 1.82) is 0 Å². The number of benzene rings is 2. The summed E-state index contributed by atoms with van der Waals surface area (Å²) in [5.74, 6) is 2.02. The first-order valence-corrected chi connectivity index (χ1v) is 13.0. The van der Waals surface area contributed by atoms with Gasteiger partial charge < -0.3 is 24.3 Å². The lowest BCUT2D eigenvalue weighted by molar-refractivity contribution is 0.174. The zero-order valence-electron chi connectivity index (χ0n) is 21.4. The van der Waals surface area contributed by atoms with E-state index >= 15 is 0 Å². The molecule has 4 heterocycles. The molecule has 2 atom stereocenters. The number of nitrogens with zero attached hydrogens (tertiary/aromatic N) is 3. The van der Waals surface area contributed by atoms with E-state index in [2.05, 4.69) is 84.9 Å². The summed E-state index contributed by atoms with van der Waals surface area (Å²) in [6, 6.07) is 23.0. The van der Waals surface area contributed by atoms with E-state index in [1.165, 1.54) is 11.1 Å². The Morgan fingerprint density at radius 1 is 0.946 bits per heavy atom. The zero-order valence-corrected chi connectivity index (χ0v) is 22.3. The van der Waals surface area contributed by atoms with Gasteiger partial charge in [-0.1, -0.05) is 32.0 Å². The van der Waals surface area contributed by atoms with Gasteiger partial charge in [-0.15, -0.1) is 0 Å². The van der Waals surface area contributed by atoms with E-state index in [1.54, 1.807) is 0 Å². The molecule has 0 aliphatic carbocycles. The number of rotatable bonds is 5. The predicted molar refractivity (Wildman–Crippen MR) is 150 cm³/mol. The van der Waals surface area contributed by atoms with Crippen LogP contribution in [0.15, 0.2) is 72.9 Å². The summed E-state index contributed by atoms with van der Waals surface area (Å²) in [4.78, 5) is 6.95. The molecule has 1 fully saturated rings. The van der Waals surface area contributed by atoms with Crippen LogP contribution in [0, 0.1) is 13.8 Å². The number of nitrogens with one attached hydrogen (secondary N) is 1. The van der Waals surface area contributed by atoms with Gasteiger partial charge in [0, 0.05) is 35.0 Å². The lowest BCUT2D eigenvalue weighted by Crippen LogP contribution is -2.29. The molecule has 0 spiro atoms. The molecule has 1 N–H and O–H groups in total. The summed E-state index contributed by atoms with van der Waals surface area (Å²) in [5.41, 5.74) is 7.87. The lowest BCUT2D eigenvalue weighted by Gasteiger charge is -2.28. The highest BCUT2D eigenvalue weighted by Crippen LogP contribution is 2.44. The van der Waals surface area contributed by atoms with E-state index in [4.69, 9.17) is 26.7 Å². The highest BCUT2D eigenvalue weighted by Gasteiger charge is 2.42. The van der Waals surface area contributed by atoms with E-state index in [9.17, 15) is 0 Å². The molecular weight excluding hydrogens is 480 g/mol. The number of fused-ring (bicyclic) bond motifs is 1. The van der Waals surface area contributed by atoms with Gasteiger partial charge in [0.25, 0.3) is 0 Å². The van der Waals surface area contributed by atoms with Crippen molar-refractivity contribution >= 4 is 23.0 Å². The SMILES string of the molecule is Cc1cc([C@H]2[C@H](c3ccccn3)NC(=S)N2c2ccc(C(C)C)cc2)c(C)n1-c1ccc2c(c1)OCO2. The maximum atomic E-state index is 5.94. The number of hydrogen-bond donors (Lipinski definition) is 1. The second-order valence-electron chi connectivity index (χ2n) is 9.94. The minimum absolute atomic E-state index is 0.0683. The molecule has 188 valence electrons. The highest BCUT2D eigenvalue weighted by molar-refractivity contribution is 7.80. The summed E-state index contributed by atoms with van der Waals surface area (Å²) in [7, 11) is 0. The summed E-state index contributed by atoms with van der Waals surface area (Å²) in [5, 5.41) is 4.28. The molecule has 0 radical (unpaired) electrons. The molecule has 4 aromatic rings. The average Bonchev–Trinajstić information content (AvgIpc) is 3.59. The Balaban J connectivity index is 1.48. The van der Waals surface area contributed by atoms with Crippen molar-refractivity contribution in [2.24, 2.45) is 0 Å². The van der Waals surface area contributed by atoms with Crippen LogP contribution in [0.3, 0.4) is 0 Å². The van der Waals surface area contributed by atoms with Crippen LogP contribution in [0.2, 0.25) is 0 Å². The Kier molecular flexibility index (Phi) is 5.88. The smallest absolute Gasteiger partial charge is 0.231 e. The van der Waals surface area contributed by atoms with E-state index in [1.807, 2.05) is 30.5 Å². The van der Waals surface area contributed by atoms with Crippen molar-refractivity contribution in [3.05, 3.63) is 101 Å². The third-order valence-electron chi connectivity index (χ3n) is 7.34. The van der Waals surface area contributed by atoms with Crippen LogP contribution in [0.5, 0.6) is 11.5 Å². The van der Waals surface area contributed by atoms with E-state index in [-0.39, 0.29) is 18.9 Å². The number of aromatic nitrogens is 2. The number of hydrogen-bond acceptors (Lipinski definition) is 4. The first-order valence-electron chi connectivity index (χ1n) is 12.6. The van der Waals surface area contributed by atoms with Crippen LogP contribution >= 0.6 is 12.2 Å². The van der Waals surface area contributed by atoms with Crippen molar-refractivity contribution in [1.82, 2.24) is 14.9 Å². The summed E-state index contributed by atoms with van der Waals surface area (Å²) in [6.07, 6.45) is 1.84. The van der Waals surface area contributed by atoms with E-state index in [0.29, 0.717) is 11.0 Å². The molecule has 2 aliphatic rings. The number of ether oxygens (including phenoxy) is 2. The second kappa shape index (κ2) is 9.23. The van der Waals surface area contributed by atoms with Crippen LogP contribution in [0.1, 0.15) is 60.1 Å². The van der Waals surface area contributed by atoms with Crippen LogP contribution < -0.4 is 19.7 Å². The molecule has 0 bridgehead atoms. The van der Waals surface area contributed by atoms with Crippen LogP contribution in [-0.4, -0.2) is 21.5 Å². The van der Waals surface area contributed by atoms with Gasteiger partial charge >= 0.3 is 0 Å². The van der Waals surface area contributed by atoms with Gasteiger partial charge in [0.1, 0.15) is 0 Å². The first kappa shape index (κ1) is 23.6. The normalized spacial score (nSPS) is 18.5. The molecule has 6 rings (SSSR count). The standard InChI is InChI=1S/C30H30N4O2S/c1-18(2)21-8-10-22(11-9-21)34-29(28(32-30(34)37)25-7-5-6-14-31-25)24-15-19(3)33(20(24)4)23-12-13-26-27(16-23)36-17-35-26/h5-16,18,28-29H,17H2,1-4H3,(H,32,37)/t28-,29-/m0/s1. The van der Waals surface area contributed by atoms with Gasteiger partial charge in [0.15, 0.2) is 16.6 Å². The Hall–Kier alpha value is -3.84. The van der Waals surface area contributed by atoms with Gasteiger partial charge in [-0.25, -0.2) is 0 Å². The molecular formula is C30H30N4O2S. The number of anilines is 1. The average molecular weight is 511 g/mol. The van der Waals surface area contributed by atoms with Crippen molar-refractivity contribution in [3.8, 4) is 17.2 Å². The number of thiocarbonyl (C=S) groups is 1. The minimum Gasteiger partial charge on any atom is -0.454 e. The third-order valence-corrected chi connectivity index (χ3v) is 7.65. The Labute approximate surface area is 222 Å². The monoisotopic (exact) mass is 510 g/mol. The molecule has 0 unspecified atom stereocenters. The maximum Gasteiger partial charge on any atom is 0.231 e. The quantitative estimate of drug-likeness (QED) is 0.309. The number of pyridine rings is 1. The molecule has 1 saturated heterocycles. The molecule has 6 nitrogen and oxygen atoms in total. The largest absolute Gasteiger partial charge is 0.454 e. The van der Waals surface area contributed by atoms with E-state index < -0.39 is 0 Å². The van der Waals surface area contributed by atoms with Gasteiger partial charge in [0.2, 0.25) is 6.79 Å². The lowest BCUT2D eigenvalue weighted by atomic mass is 9.96. The fourth-order valence-corrected chi connectivity index (χ4v) is 5.82. The van der Waals surface area contributed by atoms with Crippen LogP contribution in [0.25, 0.3) is 5.69 Å². The summed E-state index contributed by atoms with van der Waals surface area (Å²) < 4.78 is 13.5. The first-order chi connectivity index (χ1) is 17.9. The van der Waals surface area contributed by atoms with Gasteiger partial charge in [-0.3, -0.25) is 4.98 Å². The molecule has 7 heteroatoms.